The van der Waals surface area contributed by atoms with Crippen LogP contribution in [-0.4, -0.2) is 96.7 Å². The van der Waals surface area contributed by atoms with Gasteiger partial charge in [-0.1, -0.05) is 350 Å². The first kappa shape index (κ1) is 94.1. The summed E-state index contributed by atoms with van der Waals surface area (Å²) in [5.41, 5.74) is 0. The molecule has 0 amide bonds. The summed E-state index contributed by atoms with van der Waals surface area (Å²) in [6, 6.07) is 0. The first-order chi connectivity index (χ1) is 46.4. The van der Waals surface area contributed by atoms with E-state index < -0.39 is 97.5 Å². The van der Waals surface area contributed by atoms with Gasteiger partial charge in [-0.3, -0.25) is 37.3 Å². The lowest BCUT2D eigenvalue weighted by Gasteiger charge is -2.21. The van der Waals surface area contributed by atoms with E-state index in [0.29, 0.717) is 25.7 Å². The Labute approximate surface area is 588 Å². The number of aliphatic hydroxyl groups excluding tert-OH is 1. The minimum absolute atomic E-state index is 0.105. The van der Waals surface area contributed by atoms with Gasteiger partial charge in [-0.25, -0.2) is 9.13 Å². The molecule has 6 atom stereocenters. The molecule has 3 unspecified atom stereocenters. The molecule has 0 aromatic rings. The predicted molar refractivity (Wildman–Crippen MR) is 391 cm³/mol. The van der Waals surface area contributed by atoms with Crippen LogP contribution in [0.15, 0.2) is 0 Å². The SMILES string of the molecule is CCCCCCCCCCCCCCCCCCCCCCC(=O)O[C@H](COC(=O)CCCCCCCCCCCCCCCCC(C)CC)COP(=O)(O)OC[C@@H](O)COP(=O)(O)OC[C@@H](COC(=O)CCCCCCC)OC(=O)CCCCCCCCCCCCC(C)C. The average Bonchev–Trinajstić information content (AvgIpc) is 1.83. The molecule has 0 aromatic carbocycles. The highest BCUT2D eigenvalue weighted by atomic mass is 31.2. The number of aliphatic hydroxyl groups is 1. The van der Waals surface area contributed by atoms with E-state index in [0.717, 1.165) is 108 Å². The molecule has 0 saturated heterocycles. The summed E-state index contributed by atoms with van der Waals surface area (Å²) in [5, 5.41) is 10.6. The molecule has 0 saturated carbocycles. The van der Waals surface area contributed by atoms with Crippen LogP contribution in [0.25, 0.3) is 0 Å². The standard InChI is InChI=1S/C77H150O17P2/c1-7-10-12-14-15-16-17-18-19-20-21-22-23-24-29-32-38-43-49-55-61-77(82)94-73(66-88-75(80)60-54-48-42-37-31-28-26-25-27-30-36-41-47-52-58-70(6)9-3)68-92-96(85,86)90-64-71(78)63-89-95(83,84)91-67-72(65-87-74(79)59-53-45-13-11-8-2)93-76(81)62-56-50-44-39-34-33-35-40-46-51-57-69(4)5/h69-73,78H,7-68H2,1-6H3,(H,83,84)(H,85,86)/t70?,71-,72+,73+/m0/s1. The fraction of sp³-hybridized carbons (Fsp3) is 0.948. The van der Waals surface area contributed by atoms with E-state index in [1.165, 1.54) is 212 Å². The first-order valence-corrected chi connectivity index (χ1v) is 43.0. The van der Waals surface area contributed by atoms with E-state index >= 15 is 0 Å². The maximum Gasteiger partial charge on any atom is 0.472 e. The van der Waals surface area contributed by atoms with Crippen LogP contribution < -0.4 is 0 Å². The highest BCUT2D eigenvalue weighted by molar-refractivity contribution is 7.47. The molecule has 0 radical (unpaired) electrons. The van der Waals surface area contributed by atoms with Gasteiger partial charge in [-0.15, -0.1) is 0 Å². The Balaban J connectivity index is 5.13. The lowest BCUT2D eigenvalue weighted by atomic mass is 9.99. The highest BCUT2D eigenvalue weighted by Crippen LogP contribution is 2.45. The summed E-state index contributed by atoms with van der Waals surface area (Å²) in [6.07, 6.45) is 57.3. The summed E-state index contributed by atoms with van der Waals surface area (Å²) < 4.78 is 68.3. The van der Waals surface area contributed by atoms with Crippen molar-refractivity contribution in [2.75, 3.05) is 39.6 Å². The van der Waals surface area contributed by atoms with Crippen LogP contribution in [0.5, 0.6) is 0 Å². The van der Waals surface area contributed by atoms with Gasteiger partial charge in [0.05, 0.1) is 26.4 Å². The maximum atomic E-state index is 13.1. The zero-order valence-corrected chi connectivity index (χ0v) is 64.5. The normalized spacial score (nSPS) is 14.3. The molecule has 570 valence electrons. The Kier molecular flexibility index (Phi) is 67.4. The molecule has 0 aliphatic carbocycles. The van der Waals surface area contributed by atoms with Gasteiger partial charge in [0.15, 0.2) is 12.2 Å². The third-order valence-corrected chi connectivity index (χ3v) is 20.2. The largest absolute Gasteiger partial charge is 0.472 e. The molecule has 0 aliphatic heterocycles. The van der Waals surface area contributed by atoms with Gasteiger partial charge in [0, 0.05) is 25.7 Å². The van der Waals surface area contributed by atoms with Crippen molar-refractivity contribution in [1.29, 1.82) is 0 Å². The number of unbranched alkanes of at least 4 members (excludes halogenated alkanes) is 45. The minimum atomic E-state index is -4.96. The topological polar surface area (TPSA) is 237 Å². The van der Waals surface area contributed by atoms with Gasteiger partial charge in [0.25, 0.3) is 0 Å². The molecule has 0 fully saturated rings. The lowest BCUT2D eigenvalue weighted by molar-refractivity contribution is -0.161. The number of esters is 4. The van der Waals surface area contributed by atoms with Gasteiger partial charge in [-0.2, -0.15) is 0 Å². The zero-order chi connectivity index (χ0) is 70.7. The van der Waals surface area contributed by atoms with Crippen molar-refractivity contribution in [2.45, 2.75) is 419 Å². The second-order valence-corrected chi connectivity index (χ2v) is 31.4. The molecule has 96 heavy (non-hydrogen) atoms. The third-order valence-electron chi connectivity index (χ3n) is 18.3. The number of rotatable bonds is 76. The van der Waals surface area contributed by atoms with Crippen molar-refractivity contribution in [3.63, 3.8) is 0 Å². The van der Waals surface area contributed by atoms with Gasteiger partial charge in [-0.05, 0) is 37.5 Å². The molecule has 0 heterocycles. The van der Waals surface area contributed by atoms with Crippen molar-refractivity contribution >= 4 is 39.5 Å². The maximum absolute atomic E-state index is 13.1. The van der Waals surface area contributed by atoms with E-state index in [-0.39, 0.29) is 25.7 Å². The van der Waals surface area contributed by atoms with Gasteiger partial charge >= 0.3 is 39.5 Å². The fourth-order valence-electron chi connectivity index (χ4n) is 11.8. The van der Waals surface area contributed by atoms with Crippen LogP contribution in [0.3, 0.4) is 0 Å². The fourth-order valence-corrected chi connectivity index (χ4v) is 13.4. The number of phosphoric acid groups is 2. The summed E-state index contributed by atoms with van der Waals surface area (Å²) in [4.78, 5) is 72.6. The Hall–Kier alpha value is -1.94. The van der Waals surface area contributed by atoms with Crippen LogP contribution in [0.2, 0.25) is 0 Å². The molecule has 0 spiro atoms. The minimum Gasteiger partial charge on any atom is -0.462 e. The summed E-state index contributed by atoms with van der Waals surface area (Å²) in [6.45, 7) is 9.56. The van der Waals surface area contributed by atoms with E-state index in [1.54, 1.807) is 0 Å². The van der Waals surface area contributed by atoms with Crippen LogP contribution >= 0.6 is 15.6 Å². The van der Waals surface area contributed by atoms with Gasteiger partial charge in [0.1, 0.15) is 19.3 Å². The number of ether oxygens (including phenoxy) is 4. The number of hydrogen-bond donors (Lipinski definition) is 3. The van der Waals surface area contributed by atoms with E-state index in [4.69, 9.17) is 37.0 Å². The summed E-state index contributed by atoms with van der Waals surface area (Å²) in [7, 11) is -9.90. The molecular weight excluding hydrogens is 1260 g/mol. The number of hydrogen-bond acceptors (Lipinski definition) is 15. The first-order valence-electron chi connectivity index (χ1n) is 40.0. The van der Waals surface area contributed by atoms with Crippen LogP contribution in [0, 0.1) is 11.8 Å². The van der Waals surface area contributed by atoms with Crippen LogP contribution in [0.4, 0.5) is 0 Å². The van der Waals surface area contributed by atoms with Crippen LogP contribution in [-0.2, 0) is 65.4 Å². The number of carbonyl (C=O) groups is 4. The Morgan fingerprint density at radius 2 is 0.531 bits per heavy atom. The van der Waals surface area contributed by atoms with Crippen molar-refractivity contribution < 1.29 is 80.2 Å². The van der Waals surface area contributed by atoms with Crippen molar-refractivity contribution in [2.24, 2.45) is 11.8 Å². The zero-order valence-electron chi connectivity index (χ0n) is 62.7. The molecule has 0 rings (SSSR count). The second kappa shape index (κ2) is 68.8. The molecule has 17 nitrogen and oxygen atoms in total. The van der Waals surface area contributed by atoms with Gasteiger partial charge < -0.3 is 33.8 Å². The molecule has 3 N–H and O–H groups in total. The quantitative estimate of drug-likeness (QED) is 0.0222. The molecular formula is C77H150O17P2. The Morgan fingerprint density at radius 3 is 0.792 bits per heavy atom. The van der Waals surface area contributed by atoms with E-state index in [9.17, 15) is 43.2 Å². The monoisotopic (exact) mass is 1410 g/mol. The molecule has 19 heteroatoms. The second-order valence-electron chi connectivity index (χ2n) is 28.5. The summed E-state index contributed by atoms with van der Waals surface area (Å²) >= 11 is 0. The number of carbonyl (C=O) groups excluding carboxylic acids is 4. The van der Waals surface area contributed by atoms with Crippen molar-refractivity contribution in [3.8, 4) is 0 Å². The van der Waals surface area contributed by atoms with E-state index in [2.05, 4.69) is 41.5 Å². The van der Waals surface area contributed by atoms with Crippen LogP contribution in [0.1, 0.15) is 401 Å². The average molecular weight is 1410 g/mol. The molecule has 0 aliphatic rings. The Morgan fingerprint density at radius 1 is 0.302 bits per heavy atom. The predicted octanol–water partition coefficient (Wildman–Crippen LogP) is 22.7. The molecule has 0 aromatic heterocycles. The Bertz CT molecular complexity index is 1860. The third kappa shape index (κ3) is 69.2. The molecule has 0 bridgehead atoms. The smallest absolute Gasteiger partial charge is 0.462 e. The van der Waals surface area contributed by atoms with Gasteiger partial charge in [0.2, 0.25) is 0 Å². The lowest BCUT2D eigenvalue weighted by Crippen LogP contribution is -2.30. The van der Waals surface area contributed by atoms with Crippen molar-refractivity contribution in [1.82, 2.24) is 0 Å². The van der Waals surface area contributed by atoms with E-state index in [1.807, 2.05) is 0 Å². The highest BCUT2D eigenvalue weighted by Gasteiger charge is 2.30. The van der Waals surface area contributed by atoms with Crippen molar-refractivity contribution in [3.05, 3.63) is 0 Å². The summed E-state index contributed by atoms with van der Waals surface area (Å²) in [5.74, 6) is -0.524. The number of phosphoric ester groups is 2.